The monoisotopic (exact) mass is 329 g/mol. The molecule has 1 aromatic heterocycles. The first-order chi connectivity index (χ1) is 10.1. The van der Waals surface area contributed by atoms with Gasteiger partial charge in [0.15, 0.2) is 0 Å². The molecule has 1 aliphatic rings. The molecule has 1 atom stereocenters. The highest BCUT2D eigenvalue weighted by molar-refractivity contribution is 7.17. The lowest BCUT2D eigenvalue weighted by atomic mass is 10.2. The summed E-state index contributed by atoms with van der Waals surface area (Å²) in [5.74, 6) is -0.326. The number of nitrogens with two attached hydrogens (primary N) is 1. The van der Waals surface area contributed by atoms with Crippen molar-refractivity contribution < 1.29 is 9.59 Å². The number of thiophene rings is 1. The fourth-order valence-electron chi connectivity index (χ4n) is 2.34. The molecule has 1 aliphatic heterocycles. The van der Waals surface area contributed by atoms with E-state index in [-0.39, 0.29) is 18.4 Å². The van der Waals surface area contributed by atoms with Crippen molar-refractivity contribution in [2.75, 3.05) is 19.6 Å². The predicted molar refractivity (Wildman–Crippen MR) is 84.7 cm³/mol. The van der Waals surface area contributed by atoms with Gasteiger partial charge < -0.3 is 16.0 Å². The zero-order valence-electron chi connectivity index (χ0n) is 11.8. The molecule has 5 nitrogen and oxygen atoms in total. The Hall–Kier alpha value is -1.11. The van der Waals surface area contributed by atoms with Gasteiger partial charge in [-0.1, -0.05) is 24.4 Å². The van der Waals surface area contributed by atoms with Crippen LogP contribution in [0.1, 0.15) is 35.4 Å². The lowest BCUT2D eigenvalue weighted by molar-refractivity contribution is -0.132. The van der Waals surface area contributed by atoms with Gasteiger partial charge in [-0.2, -0.15) is 0 Å². The second-order valence-corrected chi connectivity index (χ2v) is 6.87. The van der Waals surface area contributed by atoms with Crippen molar-refractivity contribution in [2.45, 2.75) is 31.7 Å². The molecule has 0 aliphatic carbocycles. The van der Waals surface area contributed by atoms with E-state index in [1.165, 1.54) is 11.3 Å². The molecule has 0 saturated carbocycles. The first-order valence-electron chi connectivity index (χ1n) is 7.16. The third-order valence-corrected chi connectivity index (χ3v) is 4.74. The van der Waals surface area contributed by atoms with Gasteiger partial charge in [0, 0.05) is 19.6 Å². The van der Waals surface area contributed by atoms with Gasteiger partial charge in [-0.25, -0.2) is 0 Å². The summed E-state index contributed by atoms with van der Waals surface area (Å²) in [6, 6.07) is 2.64. The highest BCUT2D eigenvalue weighted by Gasteiger charge is 2.22. The number of hydrogen-bond donors (Lipinski definition) is 2. The number of carbonyl (C=O) groups is 2. The number of nitrogens with zero attached hydrogens (tertiary/aromatic N) is 1. The summed E-state index contributed by atoms with van der Waals surface area (Å²) in [7, 11) is 0. The van der Waals surface area contributed by atoms with E-state index in [9.17, 15) is 9.59 Å². The van der Waals surface area contributed by atoms with Gasteiger partial charge in [-0.15, -0.1) is 11.3 Å². The third kappa shape index (κ3) is 4.69. The van der Waals surface area contributed by atoms with Gasteiger partial charge in [0.25, 0.3) is 5.91 Å². The van der Waals surface area contributed by atoms with Crippen LogP contribution in [0.4, 0.5) is 0 Å². The molecule has 0 radical (unpaired) electrons. The lowest BCUT2D eigenvalue weighted by Gasteiger charge is -2.24. The van der Waals surface area contributed by atoms with Gasteiger partial charge in [0.2, 0.25) is 5.91 Å². The van der Waals surface area contributed by atoms with E-state index in [0.717, 1.165) is 38.8 Å². The van der Waals surface area contributed by atoms with E-state index < -0.39 is 6.04 Å². The molecule has 1 aromatic rings. The largest absolute Gasteiger partial charge is 0.349 e. The van der Waals surface area contributed by atoms with Crippen LogP contribution >= 0.6 is 22.9 Å². The Bertz CT molecular complexity index is 498. The number of amides is 2. The predicted octanol–water partition coefficient (Wildman–Crippen LogP) is 1.86. The number of halogens is 1. The molecule has 2 rings (SSSR count). The minimum absolute atomic E-state index is 0.0820. The highest BCUT2D eigenvalue weighted by Crippen LogP contribution is 2.21. The number of nitrogens with one attached hydrogen (secondary N) is 1. The van der Waals surface area contributed by atoms with Crippen molar-refractivity contribution in [3.05, 3.63) is 21.3 Å². The van der Waals surface area contributed by atoms with Gasteiger partial charge in [-0.05, 0) is 25.0 Å². The van der Waals surface area contributed by atoms with Crippen LogP contribution in [0.2, 0.25) is 4.34 Å². The number of carbonyl (C=O) groups excluding carboxylic acids is 2. The summed E-state index contributed by atoms with van der Waals surface area (Å²) in [4.78, 5) is 26.4. The molecule has 1 fully saturated rings. The third-order valence-electron chi connectivity index (χ3n) is 3.51. The molecule has 0 aromatic carbocycles. The number of hydrogen-bond acceptors (Lipinski definition) is 4. The van der Waals surface area contributed by atoms with Gasteiger partial charge in [0.05, 0.1) is 9.21 Å². The van der Waals surface area contributed by atoms with Crippen LogP contribution in [0.25, 0.3) is 0 Å². The van der Waals surface area contributed by atoms with E-state index in [4.69, 9.17) is 17.3 Å². The standard InChI is InChI=1S/C14H20ClN3O2S/c15-12-6-5-11(21-12)13(19)17-9-10(16)14(20)18-7-3-1-2-4-8-18/h5-6,10H,1-4,7-9,16H2,(H,17,19)/t10-/m0/s1. The maximum atomic E-state index is 12.2. The summed E-state index contributed by atoms with van der Waals surface area (Å²) in [6.45, 7) is 1.67. The maximum Gasteiger partial charge on any atom is 0.261 e. The van der Waals surface area contributed by atoms with Crippen LogP contribution in [0, 0.1) is 0 Å². The zero-order chi connectivity index (χ0) is 15.2. The molecular weight excluding hydrogens is 310 g/mol. The van der Waals surface area contributed by atoms with Gasteiger partial charge in [-0.3, -0.25) is 9.59 Å². The van der Waals surface area contributed by atoms with Crippen LogP contribution in [0.15, 0.2) is 12.1 Å². The first-order valence-corrected chi connectivity index (χ1v) is 8.35. The number of rotatable bonds is 4. The summed E-state index contributed by atoms with van der Waals surface area (Å²) < 4.78 is 0.560. The molecule has 3 N–H and O–H groups in total. The average molecular weight is 330 g/mol. The minimum Gasteiger partial charge on any atom is -0.349 e. The normalized spacial score (nSPS) is 17.1. The molecule has 7 heteroatoms. The van der Waals surface area contributed by atoms with Crippen LogP contribution in [0.5, 0.6) is 0 Å². The fraction of sp³-hybridized carbons (Fsp3) is 0.571. The summed E-state index contributed by atoms with van der Waals surface area (Å²) in [5, 5.41) is 2.69. The summed E-state index contributed by atoms with van der Waals surface area (Å²) in [6.07, 6.45) is 4.38. The van der Waals surface area contributed by atoms with Crippen molar-refractivity contribution in [1.29, 1.82) is 0 Å². The van der Waals surface area contributed by atoms with Crippen molar-refractivity contribution in [3.63, 3.8) is 0 Å². The van der Waals surface area contributed by atoms with Crippen molar-refractivity contribution in [2.24, 2.45) is 5.73 Å². The van der Waals surface area contributed by atoms with E-state index in [0.29, 0.717) is 9.21 Å². The summed E-state index contributed by atoms with van der Waals surface area (Å²) >= 11 is 6.99. The molecule has 0 bridgehead atoms. The summed E-state index contributed by atoms with van der Waals surface area (Å²) in [5.41, 5.74) is 5.90. The molecule has 0 unspecified atom stereocenters. The molecule has 21 heavy (non-hydrogen) atoms. The van der Waals surface area contributed by atoms with Gasteiger partial charge in [0.1, 0.15) is 6.04 Å². The Morgan fingerprint density at radius 2 is 1.95 bits per heavy atom. The number of likely N-dealkylation sites (tertiary alicyclic amines) is 1. The van der Waals surface area contributed by atoms with Crippen LogP contribution in [0.3, 0.4) is 0 Å². The van der Waals surface area contributed by atoms with E-state index in [1.807, 2.05) is 4.90 Å². The molecule has 116 valence electrons. The van der Waals surface area contributed by atoms with Crippen molar-refractivity contribution in [1.82, 2.24) is 10.2 Å². The quantitative estimate of drug-likeness (QED) is 0.885. The van der Waals surface area contributed by atoms with Gasteiger partial charge >= 0.3 is 0 Å². The molecule has 2 heterocycles. The average Bonchev–Trinajstić information content (AvgIpc) is 2.75. The van der Waals surface area contributed by atoms with Crippen molar-refractivity contribution >= 4 is 34.8 Å². The van der Waals surface area contributed by atoms with Crippen LogP contribution < -0.4 is 11.1 Å². The topological polar surface area (TPSA) is 75.4 Å². The Morgan fingerprint density at radius 3 is 2.52 bits per heavy atom. The van der Waals surface area contributed by atoms with Crippen LogP contribution in [-0.2, 0) is 4.79 Å². The SMILES string of the molecule is N[C@@H](CNC(=O)c1ccc(Cl)s1)C(=O)N1CCCCCC1. The van der Waals surface area contributed by atoms with Crippen molar-refractivity contribution in [3.8, 4) is 0 Å². The Labute approximate surface area is 133 Å². The maximum absolute atomic E-state index is 12.2. The van der Waals surface area contributed by atoms with E-state index in [1.54, 1.807) is 12.1 Å². The Kier molecular flexibility index (Phi) is 6.02. The second-order valence-electron chi connectivity index (χ2n) is 5.16. The smallest absolute Gasteiger partial charge is 0.261 e. The molecule has 0 spiro atoms. The fourth-order valence-corrected chi connectivity index (χ4v) is 3.30. The highest BCUT2D eigenvalue weighted by atomic mass is 35.5. The Balaban J connectivity index is 1.81. The molecular formula is C14H20ClN3O2S. The zero-order valence-corrected chi connectivity index (χ0v) is 13.4. The molecule has 1 saturated heterocycles. The molecule has 2 amide bonds. The lowest BCUT2D eigenvalue weighted by Crippen LogP contribution is -2.49. The Morgan fingerprint density at radius 1 is 1.29 bits per heavy atom. The minimum atomic E-state index is -0.692. The van der Waals surface area contributed by atoms with Crippen LogP contribution in [-0.4, -0.2) is 42.4 Å². The van der Waals surface area contributed by atoms with E-state index >= 15 is 0 Å². The van der Waals surface area contributed by atoms with E-state index in [2.05, 4.69) is 5.32 Å². The first kappa shape index (κ1) is 16.3. The second kappa shape index (κ2) is 7.77.